The van der Waals surface area contributed by atoms with E-state index in [1.54, 1.807) is 6.07 Å². The summed E-state index contributed by atoms with van der Waals surface area (Å²) in [4.78, 5) is 11.8. The summed E-state index contributed by atoms with van der Waals surface area (Å²) < 4.78 is 23.8. The van der Waals surface area contributed by atoms with Gasteiger partial charge in [-0.25, -0.2) is 9.82 Å². The van der Waals surface area contributed by atoms with Crippen LogP contribution in [0.4, 0.5) is 4.39 Å². The fourth-order valence-electron chi connectivity index (χ4n) is 2.17. The fraction of sp³-hybridized carbons (Fsp3) is 0.300. The predicted molar refractivity (Wildman–Crippen MR) is 99.3 cm³/mol. The molecule has 1 amide bonds. The summed E-state index contributed by atoms with van der Waals surface area (Å²) in [5, 5.41) is 3.78. The Hall–Kier alpha value is -2.89. The number of hydrogen-bond acceptors (Lipinski definition) is 4. The number of carbonyl (C=O) groups excluding carboxylic acids is 1. The van der Waals surface area contributed by atoms with Crippen LogP contribution in [0.25, 0.3) is 0 Å². The van der Waals surface area contributed by atoms with Crippen molar-refractivity contribution in [3.05, 3.63) is 59.4 Å². The number of benzene rings is 2. The maximum atomic E-state index is 13.6. The highest BCUT2D eigenvalue weighted by Gasteiger charge is 2.13. The Balaban J connectivity index is 1.82. The third-order valence-corrected chi connectivity index (χ3v) is 3.67. The molecule has 2 aromatic carbocycles. The Morgan fingerprint density at radius 2 is 1.88 bits per heavy atom. The number of ether oxygens (including phenoxy) is 2. The van der Waals surface area contributed by atoms with E-state index >= 15 is 0 Å². The summed E-state index contributed by atoms with van der Waals surface area (Å²) >= 11 is 0. The Kier molecular flexibility index (Phi) is 6.33. The highest BCUT2D eigenvalue weighted by molar-refractivity contribution is 5.83. The summed E-state index contributed by atoms with van der Waals surface area (Å²) in [6.07, 6.45) is 1.35. The van der Waals surface area contributed by atoms with Crippen LogP contribution in [-0.2, 0) is 10.2 Å². The van der Waals surface area contributed by atoms with Gasteiger partial charge in [-0.2, -0.15) is 5.10 Å². The van der Waals surface area contributed by atoms with E-state index in [2.05, 4.69) is 31.3 Å². The summed E-state index contributed by atoms with van der Waals surface area (Å²) in [5.74, 6) is -0.147. The quantitative estimate of drug-likeness (QED) is 0.633. The van der Waals surface area contributed by atoms with Crippen LogP contribution in [0, 0.1) is 5.82 Å². The first-order valence-corrected chi connectivity index (χ1v) is 8.18. The monoisotopic (exact) mass is 358 g/mol. The lowest BCUT2D eigenvalue weighted by Gasteiger charge is -2.19. The van der Waals surface area contributed by atoms with Gasteiger partial charge in [0.1, 0.15) is 5.75 Å². The number of halogens is 1. The normalized spacial score (nSPS) is 11.4. The first kappa shape index (κ1) is 19.4. The molecular formula is C20H23FN2O3. The van der Waals surface area contributed by atoms with Crippen molar-refractivity contribution in [2.75, 3.05) is 13.7 Å². The van der Waals surface area contributed by atoms with Crippen LogP contribution < -0.4 is 14.9 Å². The van der Waals surface area contributed by atoms with Crippen molar-refractivity contribution >= 4 is 12.1 Å². The van der Waals surface area contributed by atoms with Gasteiger partial charge < -0.3 is 9.47 Å². The molecule has 0 aromatic heterocycles. The van der Waals surface area contributed by atoms with Gasteiger partial charge in [-0.1, -0.05) is 32.9 Å². The Labute approximate surface area is 152 Å². The lowest BCUT2D eigenvalue weighted by atomic mass is 9.87. The number of amides is 1. The summed E-state index contributed by atoms with van der Waals surface area (Å²) in [5.41, 5.74) is 4.09. The second-order valence-electron chi connectivity index (χ2n) is 6.75. The minimum absolute atomic E-state index is 0.0611. The summed E-state index contributed by atoms with van der Waals surface area (Å²) in [6.45, 7) is 6.22. The average Bonchev–Trinajstić information content (AvgIpc) is 2.60. The number of rotatable bonds is 6. The first-order chi connectivity index (χ1) is 12.3. The molecule has 26 heavy (non-hydrogen) atoms. The number of hydrazone groups is 1. The van der Waals surface area contributed by atoms with Crippen molar-refractivity contribution in [2.24, 2.45) is 5.10 Å². The standard InChI is InChI=1S/C20H23FN2O3/c1-20(2,3)15-6-8-16(9-7-15)26-13-19(24)23-22-12-14-5-10-18(25-4)17(21)11-14/h5-12H,13H2,1-4H3,(H,23,24)/b22-12-. The van der Waals surface area contributed by atoms with E-state index in [1.165, 1.54) is 31.0 Å². The predicted octanol–water partition coefficient (Wildman–Crippen LogP) is 3.66. The molecule has 2 aromatic rings. The van der Waals surface area contributed by atoms with E-state index in [0.29, 0.717) is 11.3 Å². The average molecular weight is 358 g/mol. The van der Waals surface area contributed by atoms with Gasteiger partial charge in [0.15, 0.2) is 18.2 Å². The van der Waals surface area contributed by atoms with E-state index in [4.69, 9.17) is 9.47 Å². The largest absolute Gasteiger partial charge is 0.494 e. The van der Waals surface area contributed by atoms with E-state index < -0.39 is 11.7 Å². The maximum absolute atomic E-state index is 13.6. The van der Waals surface area contributed by atoms with Crippen molar-refractivity contribution in [2.45, 2.75) is 26.2 Å². The van der Waals surface area contributed by atoms with Crippen LogP contribution in [0.3, 0.4) is 0 Å². The van der Waals surface area contributed by atoms with Gasteiger partial charge in [-0.3, -0.25) is 4.79 Å². The van der Waals surface area contributed by atoms with Crippen LogP contribution in [-0.4, -0.2) is 25.8 Å². The van der Waals surface area contributed by atoms with E-state index in [1.807, 2.05) is 24.3 Å². The summed E-state index contributed by atoms with van der Waals surface area (Å²) in [7, 11) is 1.39. The molecule has 0 radical (unpaired) electrons. The topological polar surface area (TPSA) is 59.9 Å². The molecule has 5 nitrogen and oxygen atoms in total. The zero-order chi connectivity index (χ0) is 19.2. The molecule has 0 fully saturated rings. The first-order valence-electron chi connectivity index (χ1n) is 8.18. The zero-order valence-electron chi connectivity index (χ0n) is 15.4. The molecule has 0 heterocycles. The second kappa shape index (κ2) is 8.47. The molecule has 0 saturated carbocycles. The molecule has 0 aliphatic rings. The minimum Gasteiger partial charge on any atom is -0.494 e. The van der Waals surface area contributed by atoms with Crippen molar-refractivity contribution in [3.8, 4) is 11.5 Å². The van der Waals surface area contributed by atoms with Crippen LogP contribution in [0.5, 0.6) is 11.5 Å². The Morgan fingerprint density at radius 3 is 2.46 bits per heavy atom. The van der Waals surface area contributed by atoms with Crippen LogP contribution in [0.15, 0.2) is 47.6 Å². The minimum atomic E-state index is -0.496. The smallest absolute Gasteiger partial charge is 0.277 e. The van der Waals surface area contributed by atoms with Crippen molar-refractivity contribution in [3.63, 3.8) is 0 Å². The van der Waals surface area contributed by atoms with E-state index in [0.717, 1.165) is 0 Å². The van der Waals surface area contributed by atoms with Crippen molar-refractivity contribution < 1.29 is 18.7 Å². The van der Waals surface area contributed by atoms with Crippen LogP contribution >= 0.6 is 0 Å². The second-order valence-corrected chi connectivity index (χ2v) is 6.75. The van der Waals surface area contributed by atoms with Crippen molar-refractivity contribution in [1.82, 2.24) is 5.43 Å². The highest BCUT2D eigenvalue weighted by atomic mass is 19.1. The van der Waals surface area contributed by atoms with Crippen LogP contribution in [0.2, 0.25) is 0 Å². The maximum Gasteiger partial charge on any atom is 0.277 e. The number of nitrogens with one attached hydrogen (secondary N) is 1. The van der Waals surface area contributed by atoms with Gasteiger partial charge in [-0.15, -0.1) is 0 Å². The molecule has 0 atom stereocenters. The summed E-state index contributed by atoms with van der Waals surface area (Å²) in [6, 6.07) is 12.0. The zero-order valence-corrected chi connectivity index (χ0v) is 15.4. The van der Waals surface area contributed by atoms with Gasteiger partial charge in [0, 0.05) is 0 Å². The van der Waals surface area contributed by atoms with Gasteiger partial charge in [0.2, 0.25) is 0 Å². The molecule has 6 heteroatoms. The Morgan fingerprint density at radius 1 is 1.19 bits per heavy atom. The third kappa shape index (κ3) is 5.58. The molecular weight excluding hydrogens is 335 g/mol. The van der Waals surface area contributed by atoms with Gasteiger partial charge >= 0.3 is 0 Å². The van der Waals surface area contributed by atoms with Gasteiger partial charge in [0.05, 0.1) is 13.3 Å². The molecule has 2 rings (SSSR count). The highest BCUT2D eigenvalue weighted by Crippen LogP contribution is 2.24. The fourth-order valence-corrected chi connectivity index (χ4v) is 2.17. The Bertz CT molecular complexity index is 781. The van der Waals surface area contributed by atoms with E-state index in [9.17, 15) is 9.18 Å². The lowest BCUT2D eigenvalue weighted by molar-refractivity contribution is -0.123. The molecule has 138 valence electrons. The van der Waals surface area contributed by atoms with Gasteiger partial charge in [-0.05, 0) is 46.9 Å². The molecule has 0 unspecified atom stereocenters. The van der Waals surface area contributed by atoms with E-state index in [-0.39, 0.29) is 17.8 Å². The van der Waals surface area contributed by atoms with Gasteiger partial charge in [0.25, 0.3) is 5.91 Å². The third-order valence-electron chi connectivity index (χ3n) is 3.67. The number of carbonyl (C=O) groups is 1. The van der Waals surface area contributed by atoms with Crippen LogP contribution in [0.1, 0.15) is 31.9 Å². The molecule has 0 aliphatic carbocycles. The SMILES string of the molecule is COc1ccc(/C=N\NC(=O)COc2ccc(C(C)(C)C)cc2)cc1F. The molecule has 0 saturated heterocycles. The molecule has 0 spiro atoms. The molecule has 0 bridgehead atoms. The van der Waals surface area contributed by atoms with Crippen molar-refractivity contribution in [1.29, 1.82) is 0 Å². The molecule has 1 N–H and O–H groups in total. The number of methoxy groups -OCH3 is 1. The molecule has 0 aliphatic heterocycles. The number of hydrogen-bond donors (Lipinski definition) is 1. The number of nitrogens with zero attached hydrogens (tertiary/aromatic N) is 1. The lowest BCUT2D eigenvalue weighted by Crippen LogP contribution is -2.24.